The van der Waals surface area contributed by atoms with Crippen LogP contribution in [0.4, 0.5) is 0 Å². The first-order valence-electron chi connectivity index (χ1n) is 5.09. The van der Waals surface area contributed by atoms with Crippen LogP contribution < -0.4 is 0 Å². The summed E-state index contributed by atoms with van der Waals surface area (Å²) >= 11 is 0. The van der Waals surface area contributed by atoms with Gasteiger partial charge in [-0.3, -0.25) is 14.6 Å². The first-order chi connectivity index (χ1) is 6.39. The highest BCUT2D eigenvalue weighted by molar-refractivity contribution is 5.69. The molecule has 0 atom stereocenters. The van der Waals surface area contributed by atoms with Crippen LogP contribution in [0.1, 0.15) is 20.8 Å². The second-order valence-corrected chi connectivity index (χ2v) is 4.83. The first-order valence-corrected chi connectivity index (χ1v) is 5.09. The van der Waals surface area contributed by atoms with Crippen LogP contribution in [0.3, 0.4) is 0 Å². The summed E-state index contributed by atoms with van der Waals surface area (Å²) < 4.78 is 0. The van der Waals surface area contributed by atoms with Gasteiger partial charge in [-0.15, -0.1) is 0 Å². The number of aliphatic carboxylic acids is 1. The van der Waals surface area contributed by atoms with Gasteiger partial charge in [-0.2, -0.15) is 0 Å². The van der Waals surface area contributed by atoms with Crippen molar-refractivity contribution in [2.75, 3.05) is 32.7 Å². The van der Waals surface area contributed by atoms with Crippen molar-refractivity contribution in [3.05, 3.63) is 0 Å². The molecule has 1 aliphatic rings. The van der Waals surface area contributed by atoms with Gasteiger partial charge in [0, 0.05) is 31.7 Å². The van der Waals surface area contributed by atoms with E-state index in [1.54, 1.807) is 0 Å². The zero-order chi connectivity index (χ0) is 10.8. The van der Waals surface area contributed by atoms with Crippen LogP contribution >= 0.6 is 0 Å². The number of carbonyl (C=O) groups is 1. The fourth-order valence-corrected chi connectivity index (χ4v) is 1.77. The van der Waals surface area contributed by atoms with E-state index in [0.717, 1.165) is 26.2 Å². The van der Waals surface area contributed by atoms with E-state index in [9.17, 15) is 4.79 Å². The summed E-state index contributed by atoms with van der Waals surface area (Å²) in [5, 5.41) is 8.64. The third kappa shape index (κ3) is 3.27. The Morgan fingerprint density at radius 1 is 1.21 bits per heavy atom. The number of nitrogens with zero attached hydrogens (tertiary/aromatic N) is 2. The Morgan fingerprint density at radius 3 is 2.07 bits per heavy atom. The van der Waals surface area contributed by atoms with E-state index in [1.165, 1.54) is 0 Å². The van der Waals surface area contributed by atoms with E-state index >= 15 is 0 Å². The molecule has 0 aliphatic carbocycles. The maximum atomic E-state index is 10.5. The van der Waals surface area contributed by atoms with Gasteiger partial charge in [0.1, 0.15) is 0 Å². The smallest absolute Gasteiger partial charge is 0.317 e. The molecule has 0 aromatic heterocycles. The summed E-state index contributed by atoms with van der Waals surface area (Å²) in [4.78, 5) is 14.9. The summed E-state index contributed by atoms with van der Waals surface area (Å²) in [5.41, 5.74) is 0.204. The molecule has 0 amide bonds. The van der Waals surface area contributed by atoms with Crippen molar-refractivity contribution < 1.29 is 9.90 Å². The van der Waals surface area contributed by atoms with Gasteiger partial charge in [0.25, 0.3) is 0 Å². The topological polar surface area (TPSA) is 43.8 Å². The second kappa shape index (κ2) is 4.28. The van der Waals surface area contributed by atoms with Crippen molar-refractivity contribution in [2.24, 2.45) is 0 Å². The average Bonchev–Trinajstić information content (AvgIpc) is 2.02. The molecule has 4 heteroatoms. The minimum atomic E-state index is -0.728. The number of rotatable bonds is 2. The van der Waals surface area contributed by atoms with Gasteiger partial charge in [-0.1, -0.05) is 0 Å². The van der Waals surface area contributed by atoms with E-state index in [0.29, 0.717) is 0 Å². The molecule has 0 bridgehead atoms. The lowest BCUT2D eigenvalue weighted by Gasteiger charge is -2.41. The minimum Gasteiger partial charge on any atom is -0.480 e. The molecular formula is C10H20N2O2. The van der Waals surface area contributed by atoms with Crippen LogP contribution in [0.2, 0.25) is 0 Å². The Kier molecular flexibility index (Phi) is 3.50. The number of carboxylic acid groups (broad SMARTS) is 1. The fraction of sp³-hybridized carbons (Fsp3) is 0.900. The van der Waals surface area contributed by atoms with Crippen molar-refractivity contribution >= 4 is 5.97 Å². The Hall–Kier alpha value is -0.610. The molecule has 82 valence electrons. The van der Waals surface area contributed by atoms with Crippen molar-refractivity contribution in [3.63, 3.8) is 0 Å². The number of piperazine rings is 1. The first kappa shape index (κ1) is 11.5. The SMILES string of the molecule is CC(C)(C)N1CCN(CC(=O)O)CC1. The zero-order valence-corrected chi connectivity index (χ0v) is 9.29. The molecule has 1 fully saturated rings. The molecule has 1 heterocycles. The summed E-state index contributed by atoms with van der Waals surface area (Å²) in [7, 11) is 0. The van der Waals surface area contributed by atoms with Crippen molar-refractivity contribution in [1.82, 2.24) is 9.80 Å². The van der Waals surface area contributed by atoms with E-state index in [2.05, 4.69) is 25.7 Å². The third-order valence-electron chi connectivity index (χ3n) is 2.68. The molecule has 1 rings (SSSR count). The fourth-order valence-electron chi connectivity index (χ4n) is 1.77. The van der Waals surface area contributed by atoms with Gasteiger partial charge in [0.05, 0.1) is 6.54 Å². The third-order valence-corrected chi connectivity index (χ3v) is 2.68. The van der Waals surface area contributed by atoms with E-state index in [-0.39, 0.29) is 12.1 Å². The van der Waals surface area contributed by atoms with E-state index in [1.807, 2.05) is 4.90 Å². The van der Waals surface area contributed by atoms with Gasteiger partial charge in [0.2, 0.25) is 0 Å². The van der Waals surface area contributed by atoms with Crippen molar-refractivity contribution in [3.8, 4) is 0 Å². The molecule has 0 aromatic rings. The summed E-state index contributed by atoms with van der Waals surface area (Å²) in [6.07, 6.45) is 0. The van der Waals surface area contributed by atoms with Gasteiger partial charge >= 0.3 is 5.97 Å². The molecule has 1 N–H and O–H groups in total. The van der Waals surface area contributed by atoms with Crippen LogP contribution in [0, 0.1) is 0 Å². The Labute approximate surface area is 85.5 Å². The quantitative estimate of drug-likeness (QED) is 0.704. The maximum Gasteiger partial charge on any atom is 0.317 e. The summed E-state index contributed by atoms with van der Waals surface area (Å²) in [6, 6.07) is 0. The number of hydrogen-bond acceptors (Lipinski definition) is 3. The second-order valence-electron chi connectivity index (χ2n) is 4.83. The molecule has 1 saturated heterocycles. The molecule has 0 saturated carbocycles. The number of hydrogen-bond donors (Lipinski definition) is 1. The highest BCUT2D eigenvalue weighted by Crippen LogP contribution is 2.15. The van der Waals surface area contributed by atoms with Crippen LogP contribution in [-0.4, -0.2) is 59.1 Å². The molecule has 4 nitrogen and oxygen atoms in total. The van der Waals surface area contributed by atoms with Gasteiger partial charge in [0.15, 0.2) is 0 Å². The molecule has 1 aliphatic heterocycles. The molecule has 0 unspecified atom stereocenters. The molecule has 0 spiro atoms. The Balaban J connectivity index is 2.35. The molecular weight excluding hydrogens is 180 g/mol. The number of carboxylic acids is 1. The normalized spacial score (nSPS) is 21.1. The highest BCUT2D eigenvalue weighted by Gasteiger charge is 2.26. The molecule has 0 aromatic carbocycles. The largest absolute Gasteiger partial charge is 0.480 e. The zero-order valence-electron chi connectivity index (χ0n) is 9.29. The van der Waals surface area contributed by atoms with E-state index in [4.69, 9.17) is 5.11 Å². The van der Waals surface area contributed by atoms with Crippen LogP contribution in [0.25, 0.3) is 0 Å². The van der Waals surface area contributed by atoms with E-state index < -0.39 is 5.97 Å². The standard InChI is InChI=1S/C10H20N2O2/c1-10(2,3)12-6-4-11(5-7-12)8-9(13)14/h4-8H2,1-3H3,(H,13,14). The predicted octanol–water partition coefficient (Wildman–Crippen LogP) is 0.487. The van der Waals surface area contributed by atoms with Crippen LogP contribution in [-0.2, 0) is 4.79 Å². The Bertz CT molecular complexity index is 203. The lowest BCUT2D eigenvalue weighted by atomic mass is 10.1. The van der Waals surface area contributed by atoms with Crippen molar-refractivity contribution in [1.29, 1.82) is 0 Å². The van der Waals surface area contributed by atoms with Gasteiger partial charge in [-0.25, -0.2) is 0 Å². The van der Waals surface area contributed by atoms with Gasteiger partial charge < -0.3 is 5.11 Å². The average molecular weight is 200 g/mol. The summed E-state index contributed by atoms with van der Waals surface area (Å²) in [6.45, 7) is 10.4. The monoisotopic (exact) mass is 200 g/mol. The van der Waals surface area contributed by atoms with Crippen molar-refractivity contribution in [2.45, 2.75) is 26.3 Å². The maximum absolute atomic E-state index is 10.5. The Morgan fingerprint density at radius 2 is 1.71 bits per heavy atom. The summed E-state index contributed by atoms with van der Waals surface area (Å²) in [5.74, 6) is -0.728. The highest BCUT2D eigenvalue weighted by atomic mass is 16.4. The molecule has 0 radical (unpaired) electrons. The lowest BCUT2D eigenvalue weighted by molar-refractivity contribution is -0.138. The van der Waals surface area contributed by atoms with Crippen LogP contribution in [0.5, 0.6) is 0 Å². The van der Waals surface area contributed by atoms with Crippen LogP contribution in [0.15, 0.2) is 0 Å². The predicted molar refractivity (Wildman–Crippen MR) is 55.4 cm³/mol. The minimum absolute atomic E-state index is 0.179. The lowest BCUT2D eigenvalue weighted by Crippen LogP contribution is -2.54. The van der Waals surface area contributed by atoms with Gasteiger partial charge in [-0.05, 0) is 20.8 Å². The molecule has 14 heavy (non-hydrogen) atoms.